The first-order valence-electron chi connectivity index (χ1n) is 8.83. The highest BCUT2D eigenvalue weighted by Crippen LogP contribution is 2.40. The highest BCUT2D eigenvalue weighted by molar-refractivity contribution is 6.32. The van der Waals surface area contributed by atoms with Gasteiger partial charge in [-0.25, -0.2) is 0 Å². The third-order valence-electron chi connectivity index (χ3n) is 4.10. The number of halogens is 1. The lowest BCUT2D eigenvalue weighted by Crippen LogP contribution is -2.26. The van der Waals surface area contributed by atoms with Crippen LogP contribution in [0, 0.1) is 0 Å². The first-order valence-corrected chi connectivity index (χ1v) is 9.20. The second-order valence-corrected chi connectivity index (χ2v) is 6.37. The summed E-state index contributed by atoms with van der Waals surface area (Å²) in [5.74, 6) is 2.02. The lowest BCUT2D eigenvalue weighted by molar-refractivity contribution is 0.0939. The van der Waals surface area contributed by atoms with Crippen LogP contribution in [0.4, 0.5) is 0 Å². The van der Waals surface area contributed by atoms with Crippen LogP contribution in [0.5, 0.6) is 23.0 Å². The van der Waals surface area contributed by atoms with Crippen molar-refractivity contribution in [3.05, 3.63) is 46.5 Å². The van der Waals surface area contributed by atoms with Gasteiger partial charge in [-0.3, -0.25) is 4.79 Å². The summed E-state index contributed by atoms with van der Waals surface area (Å²) in [4.78, 5) is 12.6. The highest BCUT2D eigenvalue weighted by atomic mass is 35.5. The van der Waals surface area contributed by atoms with Crippen molar-refractivity contribution in [2.45, 2.75) is 26.8 Å². The van der Waals surface area contributed by atoms with Crippen LogP contribution in [-0.2, 0) is 0 Å². The highest BCUT2D eigenvalue weighted by Gasteiger charge is 2.22. The van der Waals surface area contributed by atoms with E-state index in [-0.39, 0.29) is 18.7 Å². The molecule has 0 saturated heterocycles. The van der Waals surface area contributed by atoms with Crippen molar-refractivity contribution in [3.8, 4) is 23.0 Å². The standard InChI is InChI=1S/C20H22ClNO5/c1-4-24-16-7-6-13(9-17(16)25-5-2)12(3)22-20(23)14-8-15(21)19-18(10-14)26-11-27-19/h6-10,12H,4-5,11H2,1-3H3,(H,22,23)/t12-/m0/s1. The van der Waals surface area contributed by atoms with E-state index in [9.17, 15) is 4.79 Å². The number of rotatable bonds is 7. The molecular weight excluding hydrogens is 370 g/mol. The van der Waals surface area contributed by atoms with E-state index < -0.39 is 0 Å². The van der Waals surface area contributed by atoms with Crippen molar-refractivity contribution in [3.63, 3.8) is 0 Å². The normalized spacial score (nSPS) is 13.2. The van der Waals surface area contributed by atoms with E-state index in [1.54, 1.807) is 12.1 Å². The average Bonchev–Trinajstić information content (AvgIpc) is 3.12. The number of carbonyl (C=O) groups excluding carboxylic acids is 1. The minimum absolute atomic E-state index is 0.100. The van der Waals surface area contributed by atoms with Gasteiger partial charge in [0.25, 0.3) is 5.91 Å². The van der Waals surface area contributed by atoms with Gasteiger partial charge in [-0.05, 0) is 50.6 Å². The summed E-state index contributed by atoms with van der Waals surface area (Å²) in [5.41, 5.74) is 1.31. The third-order valence-corrected chi connectivity index (χ3v) is 4.39. The summed E-state index contributed by atoms with van der Waals surface area (Å²) in [6.07, 6.45) is 0. The average molecular weight is 392 g/mol. The van der Waals surface area contributed by atoms with E-state index in [4.69, 9.17) is 30.5 Å². The van der Waals surface area contributed by atoms with Crippen molar-refractivity contribution in [2.24, 2.45) is 0 Å². The maximum atomic E-state index is 12.6. The molecule has 27 heavy (non-hydrogen) atoms. The van der Waals surface area contributed by atoms with E-state index >= 15 is 0 Å². The molecule has 144 valence electrons. The van der Waals surface area contributed by atoms with Crippen LogP contribution < -0.4 is 24.3 Å². The smallest absolute Gasteiger partial charge is 0.251 e. The quantitative estimate of drug-likeness (QED) is 0.759. The maximum Gasteiger partial charge on any atom is 0.251 e. The first kappa shape index (κ1) is 19.2. The van der Waals surface area contributed by atoms with E-state index in [2.05, 4.69) is 5.32 Å². The lowest BCUT2D eigenvalue weighted by Gasteiger charge is -2.18. The molecule has 0 bridgehead atoms. The van der Waals surface area contributed by atoms with Crippen LogP contribution in [0.25, 0.3) is 0 Å². The van der Waals surface area contributed by atoms with Gasteiger partial charge in [0.2, 0.25) is 6.79 Å². The number of hydrogen-bond acceptors (Lipinski definition) is 5. The summed E-state index contributed by atoms with van der Waals surface area (Å²) >= 11 is 6.16. The van der Waals surface area contributed by atoms with Crippen molar-refractivity contribution in [1.29, 1.82) is 0 Å². The number of amides is 1. The Morgan fingerprint density at radius 1 is 1.15 bits per heavy atom. The van der Waals surface area contributed by atoms with Gasteiger partial charge in [0.1, 0.15) is 0 Å². The summed E-state index contributed by atoms with van der Waals surface area (Å²) < 4.78 is 21.8. The van der Waals surface area contributed by atoms with Crippen LogP contribution in [0.2, 0.25) is 5.02 Å². The molecule has 0 aromatic heterocycles. The molecule has 1 aliphatic rings. The van der Waals surface area contributed by atoms with E-state index in [1.807, 2.05) is 39.0 Å². The number of nitrogens with one attached hydrogen (secondary N) is 1. The molecule has 1 N–H and O–H groups in total. The zero-order valence-corrected chi connectivity index (χ0v) is 16.3. The Balaban J connectivity index is 1.77. The van der Waals surface area contributed by atoms with Gasteiger partial charge in [-0.2, -0.15) is 0 Å². The Morgan fingerprint density at radius 3 is 2.63 bits per heavy atom. The molecular formula is C20H22ClNO5. The van der Waals surface area contributed by atoms with Crippen LogP contribution in [-0.4, -0.2) is 25.9 Å². The van der Waals surface area contributed by atoms with Crippen LogP contribution in [0.15, 0.2) is 30.3 Å². The van der Waals surface area contributed by atoms with Gasteiger partial charge in [-0.15, -0.1) is 0 Å². The zero-order chi connectivity index (χ0) is 19.4. The number of fused-ring (bicyclic) bond motifs is 1. The minimum Gasteiger partial charge on any atom is -0.490 e. The molecule has 1 aliphatic heterocycles. The van der Waals surface area contributed by atoms with Crippen molar-refractivity contribution in [1.82, 2.24) is 5.32 Å². The Hall–Kier alpha value is -2.60. The van der Waals surface area contributed by atoms with Crippen LogP contribution in [0.1, 0.15) is 42.7 Å². The van der Waals surface area contributed by atoms with Gasteiger partial charge < -0.3 is 24.3 Å². The number of ether oxygens (including phenoxy) is 4. The number of hydrogen-bond donors (Lipinski definition) is 1. The molecule has 2 aromatic rings. The van der Waals surface area contributed by atoms with Gasteiger partial charge in [0.05, 0.1) is 24.3 Å². The molecule has 3 rings (SSSR count). The lowest BCUT2D eigenvalue weighted by atomic mass is 10.1. The molecule has 0 spiro atoms. The minimum atomic E-state index is -0.255. The van der Waals surface area contributed by atoms with Gasteiger partial charge in [0.15, 0.2) is 23.0 Å². The fourth-order valence-corrected chi connectivity index (χ4v) is 3.06. The number of benzene rings is 2. The monoisotopic (exact) mass is 391 g/mol. The molecule has 0 unspecified atom stereocenters. The van der Waals surface area contributed by atoms with E-state index in [0.29, 0.717) is 46.8 Å². The van der Waals surface area contributed by atoms with Crippen LogP contribution >= 0.6 is 11.6 Å². The molecule has 0 fully saturated rings. The van der Waals surface area contributed by atoms with Gasteiger partial charge in [0, 0.05) is 5.56 Å². The Kier molecular flexibility index (Phi) is 5.96. The van der Waals surface area contributed by atoms with Crippen molar-refractivity contribution in [2.75, 3.05) is 20.0 Å². The summed E-state index contributed by atoms with van der Waals surface area (Å²) in [6, 6.07) is 8.60. The van der Waals surface area contributed by atoms with E-state index in [0.717, 1.165) is 5.56 Å². The Labute approximate surface area is 163 Å². The largest absolute Gasteiger partial charge is 0.490 e. The SMILES string of the molecule is CCOc1ccc([C@H](C)NC(=O)c2cc(Cl)c3c(c2)OCO3)cc1OCC. The third kappa shape index (κ3) is 4.22. The molecule has 2 aromatic carbocycles. The molecule has 0 aliphatic carbocycles. The fourth-order valence-electron chi connectivity index (χ4n) is 2.80. The fraction of sp³-hybridized carbons (Fsp3) is 0.350. The van der Waals surface area contributed by atoms with Crippen molar-refractivity contribution >= 4 is 17.5 Å². The number of carbonyl (C=O) groups is 1. The van der Waals surface area contributed by atoms with E-state index in [1.165, 1.54) is 0 Å². The summed E-state index contributed by atoms with van der Waals surface area (Å²) in [7, 11) is 0. The maximum absolute atomic E-state index is 12.6. The molecule has 1 heterocycles. The molecule has 0 saturated carbocycles. The second-order valence-electron chi connectivity index (χ2n) is 5.96. The predicted molar refractivity (Wildman–Crippen MR) is 102 cm³/mol. The molecule has 0 radical (unpaired) electrons. The topological polar surface area (TPSA) is 66.0 Å². The molecule has 1 atom stereocenters. The van der Waals surface area contributed by atoms with Crippen LogP contribution in [0.3, 0.4) is 0 Å². The molecule has 6 nitrogen and oxygen atoms in total. The first-order chi connectivity index (χ1) is 13.0. The van der Waals surface area contributed by atoms with Gasteiger partial charge in [-0.1, -0.05) is 17.7 Å². The Bertz CT molecular complexity index is 839. The summed E-state index contributed by atoms with van der Waals surface area (Å²) in [5, 5.41) is 3.31. The molecule has 7 heteroatoms. The van der Waals surface area contributed by atoms with Crippen molar-refractivity contribution < 1.29 is 23.7 Å². The second kappa shape index (κ2) is 8.39. The molecule has 1 amide bonds. The summed E-state index contributed by atoms with van der Waals surface area (Å²) in [6.45, 7) is 6.91. The predicted octanol–water partition coefficient (Wildman–Crippen LogP) is 4.36. The Morgan fingerprint density at radius 2 is 1.89 bits per heavy atom. The van der Waals surface area contributed by atoms with Gasteiger partial charge >= 0.3 is 0 Å². The zero-order valence-electron chi connectivity index (χ0n) is 15.5.